The number of fused-ring (bicyclic) bond motifs is 1. The zero-order valence-electron chi connectivity index (χ0n) is 13.1. The minimum Gasteiger partial charge on any atom is -0.339 e. The third-order valence-corrected chi connectivity index (χ3v) is 4.82. The Hall–Kier alpha value is -2.40. The molecule has 2 heterocycles. The summed E-state index contributed by atoms with van der Waals surface area (Å²) in [6.07, 6.45) is 4.03. The van der Waals surface area contributed by atoms with Gasteiger partial charge in [0.05, 0.1) is 5.69 Å². The van der Waals surface area contributed by atoms with Gasteiger partial charge in [0.15, 0.2) is 0 Å². The molecule has 0 fully saturated rings. The van der Waals surface area contributed by atoms with Crippen molar-refractivity contribution in [3.8, 4) is 0 Å². The Kier molecular flexibility index (Phi) is 4.17. The van der Waals surface area contributed by atoms with E-state index in [0.717, 1.165) is 41.3 Å². The van der Waals surface area contributed by atoms with Gasteiger partial charge >= 0.3 is 0 Å². The van der Waals surface area contributed by atoms with Crippen molar-refractivity contribution in [1.82, 2.24) is 9.97 Å². The van der Waals surface area contributed by atoms with Gasteiger partial charge in [-0.3, -0.25) is 0 Å². The van der Waals surface area contributed by atoms with Crippen LogP contribution in [-0.4, -0.2) is 16.5 Å². The first-order valence-corrected chi connectivity index (χ1v) is 8.80. The highest BCUT2D eigenvalue weighted by Crippen LogP contribution is 2.32. The van der Waals surface area contributed by atoms with E-state index in [9.17, 15) is 0 Å². The van der Waals surface area contributed by atoms with Crippen LogP contribution >= 0.6 is 15.9 Å². The second-order valence-electron chi connectivity index (χ2n) is 5.73. The van der Waals surface area contributed by atoms with Gasteiger partial charge < -0.3 is 10.2 Å². The minimum atomic E-state index is 0.735. The zero-order valence-corrected chi connectivity index (χ0v) is 14.7. The lowest BCUT2D eigenvalue weighted by Crippen LogP contribution is -2.26. The third kappa shape index (κ3) is 2.99. The molecule has 4 rings (SSSR count). The van der Waals surface area contributed by atoms with Crippen LogP contribution in [0.1, 0.15) is 12.0 Å². The summed E-state index contributed by atoms with van der Waals surface area (Å²) >= 11 is 3.55. The molecule has 0 saturated heterocycles. The van der Waals surface area contributed by atoms with Crippen LogP contribution in [0.4, 0.5) is 23.1 Å². The number of benzene rings is 2. The van der Waals surface area contributed by atoms with Crippen LogP contribution in [0.25, 0.3) is 0 Å². The number of rotatable bonds is 3. The van der Waals surface area contributed by atoms with Crippen LogP contribution in [-0.2, 0) is 6.42 Å². The molecule has 1 N–H and O–H groups in total. The Labute approximate surface area is 149 Å². The number of para-hydroxylation sites is 2. The molecule has 1 aliphatic rings. The summed E-state index contributed by atoms with van der Waals surface area (Å²) in [4.78, 5) is 11.4. The fourth-order valence-electron chi connectivity index (χ4n) is 2.99. The fraction of sp³-hybridized carbons (Fsp3) is 0.158. The molecule has 1 aromatic heterocycles. The average molecular weight is 381 g/mol. The monoisotopic (exact) mass is 380 g/mol. The van der Waals surface area contributed by atoms with Crippen LogP contribution < -0.4 is 10.2 Å². The highest BCUT2D eigenvalue weighted by molar-refractivity contribution is 9.10. The van der Waals surface area contributed by atoms with Crippen LogP contribution in [0.3, 0.4) is 0 Å². The molecule has 1 aliphatic heterocycles. The smallest absolute Gasteiger partial charge is 0.231 e. The lowest BCUT2D eigenvalue weighted by atomic mass is 10.0. The molecule has 0 radical (unpaired) electrons. The Morgan fingerprint density at radius 2 is 1.83 bits per heavy atom. The van der Waals surface area contributed by atoms with Gasteiger partial charge in [0, 0.05) is 22.9 Å². The predicted octanol–water partition coefficient (Wildman–Crippen LogP) is 5.07. The summed E-state index contributed by atoms with van der Waals surface area (Å²) in [7, 11) is 0. The molecule has 5 heteroatoms. The Morgan fingerprint density at radius 1 is 1.00 bits per heavy atom. The molecule has 0 unspecified atom stereocenters. The van der Waals surface area contributed by atoms with E-state index >= 15 is 0 Å². The summed E-state index contributed by atoms with van der Waals surface area (Å²) in [6.45, 7) is 0.940. The topological polar surface area (TPSA) is 41.1 Å². The second-order valence-corrected chi connectivity index (χ2v) is 6.58. The Morgan fingerprint density at radius 3 is 2.75 bits per heavy atom. The van der Waals surface area contributed by atoms with E-state index in [0.29, 0.717) is 0 Å². The summed E-state index contributed by atoms with van der Waals surface area (Å²) in [5.74, 6) is 1.52. The molecule has 0 amide bonds. The van der Waals surface area contributed by atoms with Crippen molar-refractivity contribution in [1.29, 1.82) is 0 Å². The number of aromatic nitrogens is 2. The third-order valence-electron chi connectivity index (χ3n) is 4.13. The first kappa shape index (κ1) is 15.1. The first-order chi connectivity index (χ1) is 11.8. The molecular formula is C19H17BrN4. The maximum Gasteiger partial charge on any atom is 0.231 e. The fourth-order valence-corrected chi connectivity index (χ4v) is 3.37. The summed E-state index contributed by atoms with van der Waals surface area (Å²) < 4.78 is 1.01. The van der Waals surface area contributed by atoms with Gasteiger partial charge in [0.25, 0.3) is 0 Å². The number of nitrogens with one attached hydrogen (secondary N) is 1. The van der Waals surface area contributed by atoms with Gasteiger partial charge in [0.2, 0.25) is 5.95 Å². The standard InChI is InChI=1S/C19H17BrN4/c20-15-8-2-3-9-16(15)22-18-11-12-21-19(23-18)24-13-5-7-14-6-1-4-10-17(14)24/h1-4,6,8-12H,5,7,13H2,(H,21,22,23). The molecule has 24 heavy (non-hydrogen) atoms. The number of anilines is 4. The predicted molar refractivity (Wildman–Crippen MR) is 101 cm³/mol. The van der Waals surface area contributed by atoms with E-state index in [4.69, 9.17) is 4.98 Å². The highest BCUT2D eigenvalue weighted by atomic mass is 79.9. The van der Waals surface area contributed by atoms with E-state index in [1.165, 1.54) is 11.3 Å². The summed E-state index contributed by atoms with van der Waals surface area (Å²) in [5.41, 5.74) is 3.56. The number of hydrogen-bond acceptors (Lipinski definition) is 4. The van der Waals surface area contributed by atoms with Crippen molar-refractivity contribution in [2.75, 3.05) is 16.8 Å². The Bertz CT molecular complexity index is 865. The van der Waals surface area contributed by atoms with Crippen LogP contribution in [0.2, 0.25) is 0 Å². The zero-order chi connectivity index (χ0) is 16.4. The van der Waals surface area contributed by atoms with Gasteiger partial charge in [-0.25, -0.2) is 4.98 Å². The van der Waals surface area contributed by atoms with E-state index in [-0.39, 0.29) is 0 Å². The molecule has 3 aromatic rings. The number of hydrogen-bond donors (Lipinski definition) is 1. The van der Waals surface area contributed by atoms with Crippen LogP contribution in [0.15, 0.2) is 65.3 Å². The molecular weight excluding hydrogens is 364 g/mol. The van der Waals surface area contributed by atoms with Gasteiger partial charge in [-0.05, 0) is 58.6 Å². The average Bonchev–Trinajstić information content (AvgIpc) is 2.63. The van der Waals surface area contributed by atoms with Gasteiger partial charge in [0.1, 0.15) is 5.82 Å². The molecule has 2 aromatic carbocycles. The number of aryl methyl sites for hydroxylation is 1. The van der Waals surface area contributed by atoms with Crippen molar-refractivity contribution in [3.05, 3.63) is 70.8 Å². The molecule has 0 spiro atoms. The minimum absolute atomic E-state index is 0.735. The molecule has 0 aliphatic carbocycles. The maximum atomic E-state index is 4.71. The lowest BCUT2D eigenvalue weighted by Gasteiger charge is -2.29. The van der Waals surface area contributed by atoms with Crippen molar-refractivity contribution >= 4 is 39.1 Å². The summed E-state index contributed by atoms with van der Waals surface area (Å²) in [5, 5.41) is 3.35. The van der Waals surface area contributed by atoms with Crippen molar-refractivity contribution in [2.45, 2.75) is 12.8 Å². The SMILES string of the molecule is Brc1ccccc1Nc1ccnc(N2CCCc3ccccc32)n1. The van der Waals surface area contributed by atoms with Crippen LogP contribution in [0.5, 0.6) is 0 Å². The normalized spacial score (nSPS) is 13.5. The molecule has 0 bridgehead atoms. The van der Waals surface area contributed by atoms with Gasteiger partial charge in [-0.15, -0.1) is 0 Å². The van der Waals surface area contributed by atoms with Crippen molar-refractivity contribution in [3.63, 3.8) is 0 Å². The van der Waals surface area contributed by atoms with E-state index in [1.54, 1.807) is 6.20 Å². The van der Waals surface area contributed by atoms with E-state index < -0.39 is 0 Å². The Balaban J connectivity index is 1.65. The molecule has 0 atom stereocenters. The first-order valence-electron chi connectivity index (χ1n) is 8.01. The number of nitrogens with zero attached hydrogens (tertiary/aromatic N) is 3. The lowest BCUT2D eigenvalue weighted by molar-refractivity contribution is 0.751. The van der Waals surface area contributed by atoms with Gasteiger partial charge in [-0.2, -0.15) is 4.98 Å². The molecule has 0 saturated carbocycles. The maximum absolute atomic E-state index is 4.71. The van der Waals surface area contributed by atoms with Crippen molar-refractivity contribution in [2.24, 2.45) is 0 Å². The number of halogens is 1. The van der Waals surface area contributed by atoms with Gasteiger partial charge in [-0.1, -0.05) is 30.3 Å². The van der Waals surface area contributed by atoms with E-state index in [1.807, 2.05) is 30.3 Å². The summed E-state index contributed by atoms with van der Waals surface area (Å²) in [6, 6.07) is 18.4. The molecule has 4 nitrogen and oxygen atoms in total. The van der Waals surface area contributed by atoms with Crippen molar-refractivity contribution < 1.29 is 0 Å². The molecule has 120 valence electrons. The largest absolute Gasteiger partial charge is 0.339 e. The van der Waals surface area contributed by atoms with Crippen LogP contribution in [0, 0.1) is 0 Å². The highest BCUT2D eigenvalue weighted by Gasteiger charge is 2.19. The second kappa shape index (κ2) is 6.61. The van der Waals surface area contributed by atoms with E-state index in [2.05, 4.69) is 55.4 Å². The quantitative estimate of drug-likeness (QED) is 0.688.